The minimum absolute atomic E-state index is 0.123. The van der Waals surface area contributed by atoms with Crippen molar-refractivity contribution in [1.82, 2.24) is 14.8 Å². The number of aliphatic hydroxyl groups excluding tert-OH is 1. The molecule has 2 fully saturated rings. The monoisotopic (exact) mass is 453 g/mol. The van der Waals surface area contributed by atoms with Crippen molar-refractivity contribution < 1.29 is 24.2 Å². The molecule has 1 amide bonds. The number of nitrogens with one attached hydrogen (secondary N) is 1. The van der Waals surface area contributed by atoms with E-state index < -0.39 is 17.7 Å². The number of ketones is 1. The van der Waals surface area contributed by atoms with Crippen LogP contribution in [-0.4, -0.2) is 78.1 Å². The van der Waals surface area contributed by atoms with Crippen LogP contribution in [-0.2, 0) is 14.3 Å². The molecule has 0 bridgehead atoms. The van der Waals surface area contributed by atoms with Crippen molar-refractivity contribution in [3.8, 4) is 5.75 Å². The molecule has 1 unspecified atom stereocenters. The van der Waals surface area contributed by atoms with Crippen LogP contribution in [0, 0.1) is 20.8 Å². The van der Waals surface area contributed by atoms with Crippen LogP contribution in [0.3, 0.4) is 0 Å². The number of benzene rings is 1. The van der Waals surface area contributed by atoms with Crippen molar-refractivity contribution >= 4 is 17.4 Å². The molecule has 2 saturated heterocycles. The number of amides is 1. The lowest BCUT2D eigenvalue weighted by molar-refractivity contribution is -0.140. The number of rotatable bonds is 6. The maximum atomic E-state index is 13.2. The Labute approximate surface area is 193 Å². The molecule has 0 aliphatic carbocycles. The van der Waals surface area contributed by atoms with E-state index in [1.165, 1.54) is 0 Å². The van der Waals surface area contributed by atoms with Gasteiger partial charge in [-0.1, -0.05) is 12.1 Å². The fourth-order valence-electron chi connectivity index (χ4n) is 4.71. The second kappa shape index (κ2) is 9.41. The van der Waals surface area contributed by atoms with E-state index in [0.29, 0.717) is 37.6 Å². The van der Waals surface area contributed by atoms with Crippen molar-refractivity contribution in [1.29, 1.82) is 0 Å². The SMILES string of the molecule is COc1ccc(C2/C(=C(\O)c3c(C)[nH]c(C)c3C)C(=O)C(=O)N2CCN2CCOCC2)cc1. The zero-order valence-corrected chi connectivity index (χ0v) is 19.6. The molecule has 8 heteroatoms. The number of aryl methyl sites for hydroxylation is 2. The molecule has 2 aromatic rings. The molecule has 1 aromatic heterocycles. The number of hydrogen-bond acceptors (Lipinski definition) is 6. The van der Waals surface area contributed by atoms with Crippen molar-refractivity contribution in [2.45, 2.75) is 26.8 Å². The number of carbonyl (C=O) groups is 2. The normalized spacial score (nSPS) is 21.1. The zero-order chi connectivity index (χ0) is 23.7. The molecule has 33 heavy (non-hydrogen) atoms. The molecule has 2 aliphatic heterocycles. The van der Waals surface area contributed by atoms with E-state index in [2.05, 4.69) is 9.88 Å². The molecule has 176 valence electrons. The molecule has 1 atom stereocenters. The first-order chi connectivity index (χ1) is 15.8. The zero-order valence-electron chi connectivity index (χ0n) is 19.6. The number of Topliss-reactive ketones (excluding diaryl/α,β-unsaturated/α-hetero) is 1. The fraction of sp³-hybridized carbons (Fsp3) is 0.440. The quantitative estimate of drug-likeness (QED) is 0.397. The Morgan fingerprint density at radius 1 is 1.09 bits per heavy atom. The summed E-state index contributed by atoms with van der Waals surface area (Å²) in [6.45, 7) is 9.57. The van der Waals surface area contributed by atoms with Gasteiger partial charge in [0.2, 0.25) is 0 Å². The summed E-state index contributed by atoms with van der Waals surface area (Å²) in [6.07, 6.45) is 0. The molecule has 1 aromatic carbocycles. The van der Waals surface area contributed by atoms with Gasteiger partial charge in [0.1, 0.15) is 11.5 Å². The minimum atomic E-state index is -0.675. The van der Waals surface area contributed by atoms with E-state index >= 15 is 0 Å². The summed E-state index contributed by atoms with van der Waals surface area (Å²) in [4.78, 5) is 33.4. The van der Waals surface area contributed by atoms with Crippen LogP contribution in [0.4, 0.5) is 0 Å². The second-order valence-electron chi connectivity index (χ2n) is 8.59. The van der Waals surface area contributed by atoms with Gasteiger partial charge in [-0.3, -0.25) is 14.5 Å². The number of ether oxygens (including phenoxy) is 2. The van der Waals surface area contributed by atoms with Crippen LogP contribution < -0.4 is 4.74 Å². The first kappa shape index (κ1) is 23.1. The summed E-state index contributed by atoms with van der Waals surface area (Å²) < 4.78 is 10.7. The molecular weight excluding hydrogens is 422 g/mol. The van der Waals surface area contributed by atoms with Gasteiger partial charge in [0.15, 0.2) is 0 Å². The van der Waals surface area contributed by atoms with Crippen LogP contribution in [0.2, 0.25) is 0 Å². The third-order valence-electron chi connectivity index (χ3n) is 6.66. The number of morpholine rings is 1. The third-order valence-corrected chi connectivity index (χ3v) is 6.66. The highest BCUT2D eigenvalue weighted by Crippen LogP contribution is 2.41. The fourth-order valence-corrected chi connectivity index (χ4v) is 4.71. The number of likely N-dealkylation sites (tertiary alicyclic amines) is 1. The third kappa shape index (κ3) is 4.28. The van der Waals surface area contributed by atoms with Crippen LogP contribution >= 0.6 is 0 Å². The van der Waals surface area contributed by atoms with E-state index in [0.717, 1.165) is 35.6 Å². The minimum Gasteiger partial charge on any atom is -0.507 e. The summed E-state index contributed by atoms with van der Waals surface area (Å²) in [5.74, 6) is -0.708. The topological polar surface area (TPSA) is 95.1 Å². The van der Waals surface area contributed by atoms with Gasteiger partial charge in [0.25, 0.3) is 11.7 Å². The molecule has 0 spiro atoms. The van der Waals surface area contributed by atoms with Crippen molar-refractivity contribution in [3.05, 3.63) is 57.9 Å². The van der Waals surface area contributed by atoms with Crippen molar-refractivity contribution in [2.75, 3.05) is 46.5 Å². The van der Waals surface area contributed by atoms with Gasteiger partial charge >= 0.3 is 0 Å². The van der Waals surface area contributed by atoms with Crippen LogP contribution in [0.15, 0.2) is 29.8 Å². The second-order valence-corrected chi connectivity index (χ2v) is 8.59. The highest BCUT2D eigenvalue weighted by molar-refractivity contribution is 6.46. The number of H-pyrrole nitrogens is 1. The Morgan fingerprint density at radius 2 is 1.76 bits per heavy atom. The van der Waals surface area contributed by atoms with Crippen LogP contribution in [0.25, 0.3) is 5.76 Å². The highest BCUT2D eigenvalue weighted by atomic mass is 16.5. The van der Waals surface area contributed by atoms with Crippen LogP contribution in [0.5, 0.6) is 5.75 Å². The van der Waals surface area contributed by atoms with Gasteiger partial charge in [-0.25, -0.2) is 0 Å². The van der Waals surface area contributed by atoms with Crippen molar-refractivity contribution in [2.24, 2.45) is 0 Å². The van der Waals surface area contributed by atoms with Gasteiger partial charge in [-0.15, -0.1) is 0 Å². The molecule has 0 radical (unpaired) electrons. The Kier molecular flexibility index (Phi) is 6.58. The Bertz CT molecular complexity index is 1080. The molecule has 8 nitrogen and oxygen atoms in total. The summed E-state index contributed by atoms with van der Waals surface area (Å²) in [6, 6.07) is 6.60. The lowest BCUT2D eigenvalue weighted by Gasteiger charge is -2.31. The largest absolute Gasteiger partial charge is 0.507 e. The average molecular weight is 454 g/mol. The first-order valence-electron chi connectivity index (χ1n) is 11.2. The summed E-state index contributed by atoms with van der Waals surface area (Å²) in [7, 11) is 1.59. The van der Waals surface area contributed by atoms with E-state index in [4.69, 9.17) is 9.47 Å². The molecule has 4 rings (SSSR count). The smallest absolute Gasteiger partial charge is 0.295 e. The first-order valence-corrected chi connectivity index (χ1v) is 11.2. The lowest BCUT2D eigenvalue weighted by atomic mass is 9.94. The number of hydrogen-bond donors (Lipinski definition) is 2. The molecule has 3 heterocycles. The molecule has 2 aliphatic rings. The van der Waals surface area contributed by atoms with Gasteiger partial charge in [-0.2, -0.15) is 0 Å². The number of aromatic amines is 1. The van der Waals surface area contributed by atoms with E-state index in [1.54, 1.807) is 24.1 Å². The number of nitrogens with zero attached hydrogens (tertiary/aromatic N) is 2. The molecule has 2 N–H and O–H groups in total. The van der Waals surface area contributed by atoms with Crippen molar-refractivity contribution in [3.63, 3.8) is 0 Å². The highest BCUT2D eigenvalue weighted by Gasteiger charge is 2.46. The van der Waals surface area contributed by atoms with Gasteiger partial charge in [0, 0.05) is 43.1 Å². The maximum absolute atomic E-state index is 13.2. The number of carbonyl (C=O) groups excluding carboxylic acids is 2. The summed E-state index contributed by atoms with van der Waals surface area (Å²) >= 11 is 0. The average Bonchev–Trinajstić information content (AvgIpc) is 3.23. The van der Waals surface area contributed by atoms with E-state index in [-0.39, 0.29) is 11.3 Å². The van der Waals surface area contributed by atoms with Crippen LogP contribution in [0.1, 0.15) is 34.1 Å². The number of aliphatic hydroxyl groups is 1. The van der Waals surface area contributed by atoms with Gasteiger partial charge < -0.3 is 24.5 Å². The van der Waals surface area contributed by atoms with Gasteiger partial charge in [0.05, 0.1) is 31.9 Å². The Hall–Kier alpha value is -3.10. The lowest BCUT2D eigenvalue weighted by Crippen LogP contribution is -2.42. The summed E-state index contributed by atoms with van der Waals surface area (Å²) in [5, 5.41) is 11.4. The predicted molar refractivity (Wildman–Crippen MR) is 124 cm³/mol. The number of aromatic nitrogens is 1. The predicted octanol–water partition coefficient (Wildman–Crippen LogP) is 2.70. The summed E-state index contributed by atoms with van der Waals surface area (Å²) in [5.41, 5.74) is 3.99. The van der Waals surface area contributed by atoms with Gasteiger partial charge in [-0.05, 0) is 44.0 Å². The number of methoxy groups -OCH3 is 1. The molecular formula is C25H31N3O5. The molecule has 0 saturated carbocycles. The standard InChI is InChI=1S/C25H31N3O5/c1-15-16(2)26-17(3)20(15)23(29)21-22(18-5-7-19(32-4)8-6-18)28(25(31)24(21)30)10-9-27-11-13-33-14-12-27/h5-8,22,26,29H,9-14H2,1-4H3/b23-21+. The maximum Gasteiger partial charge on any atom is 0.295 e. The van der Waals surface area contributed by atoms with E-state index in [1.807, 2.05) is 32.9 Å². The Morgan fingerprint density at radius 3 is 2.33 bits per heavy atom. The van der Waals surface area contributed by atoms with E-state index in [9.17, 15) is 14.7 Å². The Balaban J connectivity index is 1.77.